The molecular weight excluding hydrogens is 420 g/mol. The van der Waals surface area contributed by atoms with Crippen molar-refractivity contribution in [3.8, 4) is 28.1 Å². The van der Waals surface area contributed by atoms with Gasteiger partial charge in [0.05, 0.1) is 12.6 Å². The van der Waals surface area contributed by atoms with Crippen LogP contribution in [0.1, 0.15) is 36.0 Å². The molecule has 0 unspecified atom stereocenters. The van der Waals surface area contributed by atoms with Crippen molar-refractivity contribution in [2.45, 2.75) is 39.7 Å². The number of hydrogen-bond acceptors (Lipinski definition) is 5. The van der Waals surface area contributed by atoms with Crippen LogP contribution in [0.5, 0.6) is 5.88 Å². The van der Waals surface area contributed by atoms with E-state index in [1.807, 2.05) is 19.2 Å². The molecule has 1 saturated heterocycles. The highest BCUT2D eigenvalue weighted by molar-refractivity contribution is 5.92. The second-order valence-corrected chi connectivity index (χ2v) is 9.36. The van der Waals surface area contributed by atoms with E-state index < -0.39 is 0 Å². The number of benzene rings is 2. The summed E-state index contributed by atoms with van der Waals surface area (Å²) in [6, 6.07) is 17.3. The standard InChI is InChI=1S/C29H32N4O/c1-19-13-21(18-33-11-5-4-6-12-33)7-9-25(19)26-16-23-15-22(8-10-27(23)32-28(26)30)24-14-20(2)29(34-3)31-17-24/h7-10,13-17H,4-6,11-12,18H2,1-3H3,(H2,30,32). The number of ether oxygens (including phenoxy) is 1. The van der Waals surface area contributed by atoms with Gasteiger partial charge >= 0.3 is 0 Å². The maximum absolute atomic E-state index is 6.43. The fraction of sp³-hybridized carbons (Fsp3) is 0.310. The van der Waals surface area contributed by atoms with Crippen LogP contribution in [0.3, 0.4) is 0 Å². The lowest BCUT2D eigenvalue weighted by molar-refractivity contribution is 0.221. The van der Waals surface area contributed by atoms with Gasteiger partial charge < -0.3 is 10.5 Å². The molecule has 0 atom stereocenters. The fourth-order valence-electron chi connectivity index (χ4n) is 5.02. The molecule has 1 aliphatic rings. The lowest BCUT2D eigenvalue weighted by atomic mass is 9.96. The number of likely N-dealkylation sites (tertiary alicyclic amines) is 1. The zero-order valence-electron chi connectivity index (χ0n) is 20.3. The third-order valence-corrected chi connectivity index (χ3v) is 6.84. The van der Waals surface area contributed by atoms with Crippen LogP contribution in [0.15, 0.2) is 54.7 Å². The molecule has 174 valence electrons. The van der Waals surface area contributed by atoms with Crippen LogP contribution in [0.25, 0.3) is 33.2 Å². The summed E-state index contributed by atoms with van der Waals surface area (Å²) < 4.78 is 5.31. The normalized spacial score (nSPS) is 14.4. The van der Waals surface area contributed by atoms with Gasteiger partial charge in [-0.05, 0) is 86.3 Å². The van der Waals surface area contributed by atoms with Gasteiger partial charge in [0.25, 0.3) is 0 Å². The van der Waals surface area contributed by atoms with E-state index in [0.717, 1.165) is 45.3 Å². The Bertz CT molecular complexity index is 1340. The molecular formula is C29H32N4O. The van der Waals surface area contributed by atoms with Crippen LogP contribution in [0.4, 0.5) is 5.82 Å². The molecule has 1 aliphatic heterocycles. The number of nitrogens with zero attached hydrogens (tertiary/aromatic N) is 3. The molecule has 0 amide bonds. The maximum Gasteiger partial charge on any atom is 0.215 e. The largest absolute Gasteiger partial charge is 0.481 e. The molecule has 5 heteroatoms. The third kappa shape index (κ3) is 4.48. The number of piperidine rings is 1. The Morgan fingerprint density at radius 3 is 2.44 bits per heavy atom. The molecule has 5 nitrogen and oxygen atoms in total. The number of aromatic nitrogens is 2. The van der Waals surface area contributed by atoms with Crippen molar-refractivity contribution in [3.63, 3.8) is 0 Å². The Balaban J connectivity index is 1.48. The van der Waals surface area contributed by atoms with Crippen LogP contribution < -0.4 is 10.5 Å². The smallest absolute Gasteiger partial charge is 0.215 e. The summed E-state index contributed by atoms with van der Waals surface area (Å²) in [4.78, 5) is 11.7. The molecule has 0 saturated carbocycles. The van der Waals surface area contributed by atoms with Gasteiger partial charge in [-0.15, -0.1) is 0 Å². The van der Waals surface area contributed by atoms with Crippen LogP contribution in [0, 0.1) is 13.8 Å². The number of hydrogen-bond donors (Lipinski definition) is 1. The fourth-order valence-corrected chi connectivity index (χ4v) is 5.02. The quantitative estimate of drug-likeness (QED) is 0.393. The first-order valence-electron chi connectivity index (χ1n) is 12.1. The molecule has 0 aliphatic carbocycles. The van der Waals surface area contributed by atoms with Crippen molar-refractivity contribution in [1.82, 2.24) is 14.9 Å². The van der Waals surface area contributed by atoms with Gasteiger partial charge in [0.2, 0.25) is 5.88 Å². The average Bonchev–Trinajstić information content (AvgIpc) is 2.84. The molecule has 5 rings (SSSR count). The first kappa shape index (κ1) is 22.4. The van der Waals surface area contributed by atoms with Gasteiger partial charge in [-0.2, -0.15) is 0 Å². The minimum atomic E-state index is 0.564. The lowest BCUT2D eigenvalue weighted by Crippen LogP contribution is -2.29. The van der Waals surface area contributed by atoms with Crippen LogP contribution in [-0.4, -0.2) is 35.1 Å². The summed E-state index contributed by atoms with van der Waals surface area (Å²) in [5.41, 5.74) is 15.2. The first-order valence-corrected chi connectivity index (χ1v) is 12.1. The van der Waals surface area contributed by atoms with Gasteiger partial charge in [0.15, 0.2) is 0 Å². The van der Waals surface area contributed by atoms with E-state index in [-0.39, 0.29) is 0 Å². The van der Waals surface area contributed by atoms with Crippen molar-refractivity contribution in [2.24, 2.45) is 0 Å². The predicted octanol–water partition coefficient (Wildman–Crippen LogP) is 6.16. The van der Waals surface area contributed by atoms with Crippen LogP contribution in [-0.2, 0) is 6.54 Å². The summed E-state index contributed by atoms with van der Waals surface area (Å²) in [5, 5.41) is 1.06. The minimum absolute atomic E-state index is 0.564. The minimum Gasteiger partial charge on any atom is -0.481 e. The second kappa shape index (κ2) is 9.43. The van der Waals surface area contributed by atoms with Gasteiger partial charge in [0, 0.05) is 34.8 Å². The Kier molecular flexibility index (Phi) is 6.20. The summed E-state index contributed by atoms with van der Waals surface area (Å²) >= 11 is 0. The van der Waals surface area contributed by atoms with Crippen molar-refractivity contribution in [3.05, 3.63) is 71.4 Å². The third-order valence-electron chi connectivity index (χ3n) is 6.84. The van der Waals surface area contributed by atoms with E-state index >= 15 is 0 Å². The predicted molar refractivity (Wildman–Crippen MR) is 140 cm³/mol. The molecule has 0 bridgehead atoms. The summed E-state index contributed by atoms with van der Waals surface area (Å²) in [6.45, 7) is 7.60. The zero-order chi connectivity index (χ0) is 23.7. The molecule has 2 aromatic heterocycles. The number of anilines is 1. The van der Waals surface area contributed by atoms with Crippen LogP contribution in [0.2, 0.25) is 0 Å². The number of fused-ring (bicyclic) bond motifs is 1. The van der Waals surface area contributed by atoms with Gasteiger partial charge in [-0.25, -0.2) is 9.97 Å². The number of methoxy groups -OCH3 is 1. The van der Waals surface area contributed by atoms with Crippen molar-refractivity contribution >= 4 is 16.7 Å². The Morgan fingerprint density at radius 1 is 0.882 bits per heavy atom. The molecule has 0 radical (unpaired) electrons. The van der Waals surface area contributed by atoms with Crippen molar-refractivity contribution in [2.75, 3.05) is 25.9 Å². The van der Waals surface area contributed by atoms with Gasteiger partial charge in [-0.1, -0.05) is 30.7 Å². The maximum atomic E-state index is 6.43. The highest BCUT2D eigenvalue weighted by Crippen LogP contribution is 2.33. The summed E-state index contributed by atoms with van der Waals surface area (Å²) in [6.07, 6.45) is 5.83. The van der Waals surface area contributed by atoms with Gasteiger partial charge in [-0.3, -0.25) is 4.90 Å². The molecule has 0 spiro atoms. The molecule has 2 N–H and O–H groups in total. The van der Waals surface area contributed by atoms with Gasteiger partial charge in [0.1, 0.15) is 5.82 Å². The number of aryl methyl sites for hydroxylation is 2. The van der Waals surface area contributed by atoms with E-state index in [1.165, 1.54) is 43.5 Å². The average molecular weight is 453 g/mol. The zero-order valence-corrected chi connectivity index (χ0v) is 20.3. The van der Waals surface area contributed by atoms with E-state index in [2.05, 4.69) is 59.3 Å². The molecule has 3 heterocycles. The van der Waals surface area contributed by atoms with Crippen molar-refractivity contribution < 1.29 is 4.74 Å². The molecule has 34 heavy (non-hydrogen) atoms. The monoisotopic (exact) mass is 452 g/mol. The van der Waals surface area contributed by atoms with Crippen molar-refractivity contribution in [1.29, 1.82) is 0 Å². The number of nitrogen functional groups attached to an aromatic ring is 1. The SMILES string of the molecule is COc1ncc(-c2ccc3nc(N)c(-c4ccc(CN5CCCCC5)cc4C)cc3c2)cc1C. The molecule has 4 aromatic rings. The Hall–Kier alpha value is -3.44. The van der Waals surface area contributed by atoms with E-state index in [0.29, 0.717) is 11.7 Å². The number of nitrogens with two attached hydrogens (primary N) is 1. The molecule has 1 fully saturated rings. The highest BCUT2D eigenvalue weighted by Gasteiger charge is 2.14. The van der Waals surface area contributed by atoms with E-state index in [4.69, 9.17) is 15.5 Å². The first-order chi connectivity index (χ1) is 16.5. The van der Waals surface area contributed by atoms with E-state index in [1.54, 1.807) is 7.11 Å². The highest BCUT2D eigenvalue weighted by atomic mass is 16.5. The lowest BCUT2D eigenvalue weighted by Gasteiger charge is -2.26. The Morgan fingerprint density at radius 2 is 1.71 bits per heavy atom. The molecule has 2 aromatic carbocycles. The number of rotatable bonds is 5. The van der Waals surface area contributed by atoms with E-state index in [9.17, 15) is 0 Å². The topological polar surface area (TPSA) is 64.3 Å². The van der Waals surface area contributed by atoms with Crippen LogP contribution >= 0.6 is 0 Å². The second-order valence-electron chi connectivity index (χ2n) is 9.36. The Labute approximate surface area is 201 Å². The summed E-state index contributed by atoms with van der Waals surface area (Å²) in [5.74, 6) is 1.22. The summed E-state index contributed by atoms with van der Waals surface area (Å²) in [7, 11) is 1.64. The number of pyridine rings is 2.